The maximum absolute atomic E-state index is 5.35. The fraction of sp³-hybridized carbons (Fsp3) is 0.909. The van der Waals surface area contributed by atoms with E-state index in [-0.39, 0.29) is 0 Å². The van der Waals surface area contributed by atoms with Crippen molar-refractivity contribution >= 4 is 0 Å². The lowest BCUT2D eigenvalue weighted by Crippen LogP contribution is -2.16. The van der Waals surface area contributed by atoms with Crippen molar-refractivity contribution in [3.63, 3.8) is 0 Å². The highest BCUT2D eigenvalue weighted by Gasteiger charge is 2.16. The molecular formula is C11H23O. The Balaban J connectivity index is 3.64. The first-order valence-corrected chi connectivity index (χ1v) is 4.97. The first-order valence-electron chi connectivity index (χ1n) is 4.97. The van der Waals surface area contributed by atoms with Gasteiger partial charge in [-0.3, -0.25) is 0 Å². The Kier molecular flexibility index (Phi) is 6.45. The molecule has 12 heavy (non-hydrogen) atoms. The van der Waals surface area contributed by atoms with Crippen LogP contribution in [0, 0.1) is 17.8 Å². The lowest BCUT2D eigenvalue weighted by Gasteiger charge is -2.24. The molecule has 0 aromatic heterocycles. The molecular weight excluding hydrogens is 148 g/mol. The average Bonchev–Trinajstić information content (AvgIpc) is 1.96. The standard InChI is InChI=1S/C11H23O/c1-6-12-8-7-11(9(2)3)10(4)5/h9,11H,6-8H2,1-5H3. The van der Waals surface area contributed by atoms with Crippen LogP contribution >= 0.6 is 0 Å². The molecule has 0 aromatic rings. The molecule has 1 atom stereocenters. The second kappa shape index (κ2) is 6.47. The van der Waals surface area contributed by atoms with E-state index in [9.17, 15) is 0 Å². The molecule has 0 rings (SSSR count). The minimum atomic E-state index is 0.733. The molecule has 0 spiro atoms. The zero-order valence-electron chi connectivity index (χ0n) is 9.18. The zero-order valence-corrected chi connectivity index (χ0v) is 9.18. The molecule has 0 heterocycles. The van der Waals surface area contributed by atoms with Gasteiger partial charge < -0.3 is 4.74 Å². The van der Waals surface area contributed by atoms with Gasteiger partial charge in [0.05, 0.1) is 0 Å². The molecule has 0 aliphatic heterocycles. The molecule has 0 saturated heterocycles. The quantitative estimate of drug-likeness (QED) is 0.557. The van der Waals surface area contributed by atoms with Crippen LogP contribution in [0.5, 0.6) is 0 Å². The Morgan fingerprint density at radius 1 is 1.25 bits per heavy atom. The van der Waals surface area contributed by atoms with E-state index in [0.29, 0.717) is 0 Å². The Morgan fingerprint density at radius 3 is 2.17 bits per heavy atom. The van der Waals surface area contributed by atoms with Gasteiger partial charge in [-0.15, -0.1) is 0 Å². The molecule has 0 saturated carbocycles. The average molecular weight is 171 g/mol. The molecule has 1 nitrogen and oxygen atoms in total. The molecule has 0 aliphatic rings. The van der Waals surface area contributed by atoms with Crippen molar-refractivity contribution in [2.24, 2.45) is 11.8 Å². The highest BCUT2D eigenvalue weighted by atomic mass is 16.5. The number of rotatable bonds is 6. The molecule has 0 amide bonds. The summed E-state index contributed by atoms with van der Waals surface area (Å²) in [6.45, 7) is 12.8. The SMILES string of the molecule is CCOCCC([C](C)C)C(C)C. The summed E-state index contributed by atoms with van der Waals surface area (Å²) in [5.74, 6) is 3.01. The third kappa shape index (κ3) is 4.76. The van der Waals surface area contributed by atoms with E-state index in [2.05, 4.69) is 27.7 Å². The van der Waals surface area contributed by atoms with Gasteiger partial charge in [0.1, 0.15) is 0 Å². The lowest BCUT2D eigenvalue weighted by molar-refractivity contribution is 0.126. The van der Waals surface area contributed by atoms with Crippen LogP contribution in [-0.4, -0.2) is 13.2 Å². The van der Waals surface area contributed by atoms with Crippen molar-refractivity contribution < 1.29 is 4.74 Å². The van der Waals surface area contributed by atoms with Gasteiger partial charge in [-0.2, -0.15) is 0 Å². The Bertz CT molecular complexity index is 89.2. The maximum atomic E-state index is 5.35. The van der Waals surface area contributed by atoms with Crippen LogP contribution in [-0.2, 0) is 4.74 Å². The van der Waals surface area contributed by atoms with E-state index in [4.69, 9.17) is 4.74 Å². The smallest absolute Gasteiger partial charge is 0.0468 e. The number of hydrogen-bond donors (Lipinski definition) is 0. The number of ether oxygens (including phenoxy) is 1. The van der Waals surface area contributed by atoms with E-state index in [1.807, 2.05) is 6.92 Å². The van der Waals surface area contributed by atoms with Gasteiger partial charge >= 0.3 is 0 Å². The van der Waals surface area contributed by atoms with E-state index < -0.39 is 0 Å². The third-order valence-electron chi connectivity index (χ3n) is 2.32. The third-order valence-corrected chi connectivity index (χ3v) is 2.32. The topological polar surface area (TPSA) is 9.23 Å². The summed E-state index contributed by atoms with van der Waals surface area (Å²) < 4.78 is 5.35. The van der Waals surface area contributed by atoms with Crippen LogP contribution < -0.4 is 0 Å². The summed E-state index contributed by atoms with van der Waals surface area (Å²) in [7, 11) is 0. The normalized spacial score (nSPS) is 12.0. The molecule has 1 radical (unpaired) electrons. The Morgan fingerprint density at radius 2 is 1.83 bits per heavy atom. The second-order valence-corrected chi connectivity index (χ2v) is 3.91. The van der Waals surface area contributed by atoms with Crippen LogP contribution in [0.15, 0.2) is 0 Å². The summed E-state index contributed by atoms with van der Waals surface area (Å²) in [6.07, 6.45) is 1.17. The van der Waals surface area contributed by atoms with Gasteiger partial charge in [-0.05, 0) is 31.1 Å². The van der Waals surface area contributed by atoms with Gasteiger partial charge in [0.2, 0.25) is 0 Å². The molecule has 0 aromatic carbocycles. The Hall–Kier alpha value is -0.0400. The van der Waals surface area contributed by atoms with Crippen LogP contribution in [0.3, 0.4) is 0 Å². The largest absolute Gasteiger partial charge is 0.382 e. The van der Waals surface area contributed by atoms with Crippen molar-refractivity contribution in [1.29, 1.82) is 0 Å². The van der Waals surface area contributed by atoms with Crippen molar-refractivity contribution in [2.45, 2.75) is 41.0 Å². The fourth-order valence-electron chi connectivity index (χ4n) is 1.64. The summed E-state index contributed by atoms with van der Waals surface area (Å²) in [5, 5.41) is 0. The van der Waals surface area contributed by atoms with Gasteiger partial charge in [0, 0.05) is 13.2 Å². The molecule has 1 unspecified atom stereocenters. The van der Waals surface area contributed by atoms with Crippen molar-refractivity contribution in [1.82, 2.24) is 0 Å². The summed E-state index contributed by atoms with van der Waals surface area (Å²) >= 11 is 0. The fourth-order valence-corrected chi connectivity index (χ4v) is 1.64. The van der Waals surface area contributed by atoms with Crippen molar-refractivity contribution in [3.8, 4) is 0 Å². The van der Waals surface area contributed by atoms with E-state index in [1.165, 1.54) is 12.3 Å². The van der Waals surface area contributed by atoms with Gasteiger partial charge in [-0.25, -0.2) is 0 Å². The van der Waals surface area contributed by atoms with Crippen LogP contribution in [0.4, 0.5) is 0 Å². The maximum Gasteiger partial charge on any atom is 0.0468 e. The molecule has 73 valence electrons. The molecule has 0 fully saturated rings. The summed E-state index contributed by atoms with van der Waals surface area (Å²) in [5.41, 5.74) is 0. The van der Waals surface area contributed by atoms with Crippen molar-refractivity contribution in [2.75, 3.05) is 13.2 Å². The summed E-state index contributed by atoms with van der Waals surface area (Å²) in [6, 6.07) is 0. The predicted octanol–water partition coefficient (Wildman–Crippen LogP) is 3.30. The van der Waals surface area contributed by atoms with E-state index in [1.54, 1.807) is 0 Å². The minimum Gasteiger partial charge on any atom is -0.382 e. The number of hydrogen-bond acceptors (Lipinski definition) is 1. The lowest BCUT2D eigenvalue weighted by atomic mass is 9.83. The molecule has 1 heteroatoms. The van der Waals surface area contributed by atoms with Gasteiger partial charge in [0.15, 0.2) is 0 Å². The predicted molar refractivity (Wildman–Crippen MR) is 54.0 cm³/mol. The first kappa shape index (κ1) is 12.0. The van der Waals surface area contributed by atoms with Crippen LogP contribution in [0.1, 0.15) is 41.0 Å². The monoisotopic (exact) mass is 171 g/mol. The first-order chi connectivity index (χ1) is 5.59. The van der Waals surface area contributed by atoms with Crippen LogP contribution in [0.25, 0.3) is 0 Å². The molecule has 0 aliphatic carbocycles. The van der Waals surface area contributed by atoms with E-state index >= 15 is 0 Å². The highest BCUT2D eigenvalue weighted by molar-refractivity contribution is 4.88. The minimum absolute atomic E-state index is 0.733. The second-order valence-electron chi connectivity index (χ2n) is 3.91. The van der Waals surface area contributed by atoms with Crippen LogP contribution in [0.2, 0.25) is 0 Å². The van der Waals surface area contributed by atoms with Crippen molar-refractivity contribution in [3.05, 3.63) is 5.92 Å². The summed E-state index contributed by atoms with van der Waals surface area (Å²) in [4.78, 5) is 0. The van der Waals surface area contributed by atoms with Gasteiger partial charge in [0.25, 0.3) is 0 Å². The molecule has 0 N–H and O–H groups in total. The molecule has 0 bridgehead atoms. The highest BCUT2D eigenvalue weighted by Crippen LogP contribution is 2.25. The Labute approximate surface area is 77.5 Å². The van der Waals surface area contributed by atoms with Gasteiger partial charge in [-0.1, -0.05) is 27.7 Å². The van der Waals surface area contributed by atoms with E-state index in [0.717, 1.165) is 25.0 Å². The zero-order chi connectivity index (χ0) is 9.56.